The van der Waals surface area contributed by atoms with Crippen LogP contribution in [0.15, 0.2) is 48.9 Å². The van der Waals surface area contributed by atoms with Gasteiger partial charge in [0.25, 0.3) is 0 Å². The van der Waals surface area contributed by atoms with E-state index < -0.39 is 0 Å². The summed E-state index contributed by atoms with van der Waals surface area (Å²) < 4.78 is 0. The van der Waals surface area contributed by atoms with Gasteiger partial charge in [-0.15, -0.1) is 0 Å². The second kappa shape index (κ2) is 6.80. The number of rotatable bonds is 3. The molecule has 0 aliphatic carbocycles. The average Bonchev–Trinajstić information content (AvgIpc) is 2.69. The summed E-state index contributed by atoms with van der Waals surface area (Å²) in [6.45, 7) is 5.35. The number of pyridine rings is 1. The van der Waals surface area contributed by atoms with Crippen LogP contribution in [0.3, 0.4) is 0 Å². The largest absolute Gasteiger partial charge is 0.337 e. The van der Waals surface area contributed by atoms with Gasteiger partial charge in [0.15, 0.2) is 0 Å². The summed E-state index contributed by atoms with van der Waals surface area (Å²) in [5, 5.41) is 0. The molecular weight excluding hydrogens is 314 g/mol. The van der Waals surface area contributed by atoms with E-state index in [-0.39, 0.29) is 0 Å². The zero-order valence-electron chi connectivity index (χ0n) is 14.1. The van der Waals surface area contributed by atoms with Gasteiger partial charge in [-0.05, 0) is 31.2 Å². The highest BCUT2D eigenvalue weighted by Gasteiger charge is 2.21. The maximum atomic E-state index is 4.68. The first-order valence-electron chi connectivity index (χ1n) is 8.33. The topological polar surface area (TPSA) is 70.9 Å². The molecule has 0 saturated carbocycles. The first-order valence-corrected chi connectivity index (χ1v) is 8.33. The molecular formula is C18H19N7. The number of hydrogen-bond acceptors (Lipinski definition) is 7. The van der Waals surface area contributed by atoms with E-state index in [4.69, 9.17) is 0 Å². The van der Waals surface area contributed by atoms with Gasteiger partial charge in [-0.25, -0.2) is 19.9 Å². The van der Waals surface area contributed by atoms with Crippen molar-refractivity contribution in [2.24, 2.45) is 0 Å². The lowest BCUT2D eigenvalue weighted by atomic mass is 10.2. The van der Waals surface area contributed by atoms with Crippen LogP contribution in [0.5, 0.6) is 0 Å². The molecule has 1 aliphatic rings. The first kappa shape index (κ1) is 15.4. The molecule has 3 aromatic heterocycles. The molecule has 1 saturated heterocycles. The van der Waals surface area contributed by atoms with Crippen molar-refractivity contribution in [1.82, 2.24) is 24.9 Å². The van der Waals surface area contributed by atoms with Crippen molar-refractivity contribution in [3.05, 3.63) is 54.6 Å². The van der Waals surface area contributed by atoms with Crippen molar-refractivity contribution in [3.8, 4) is 11.4 Å². The summed E-state index contributed by atoms with van der Waals surface area (Å²) in [5.74, 6) is 1.54. The van der Waals surface area contributed by atoms with Gasteiger partial charge in [0, 0.05) is 50.5 Å². The fourth-order valence-corrected chi connectivity index (χ4v) is 2.85. The first-order chi connectivity index (χ1) is 12.3. The van der Waals surface area contributed by atoms with Crippen molar-refractivity contribution in [2.75, 3.05) is 36.0 Å². The maximum Gasteiger partial charge on any atom is 0.226 e. The molecule has 0 atom stereocenters. The molecule has 0 aromatic carbocycles. The Hall–Kier alpha value is -3.09. The summed E-state index contributed by atoms with van der Waals surface area (Å²) in [4.78, 5) is 26.8. The third-order valence-corrected chi connectivity index (χ3v) is 4.20. The standard InChI is InChI=1S/C18H19N7/c1-14-5-8-20-17(22-14)24-10-12-25(13-11-24)18-21-9-6-16(23-18)15-4-2-3-7-19-15/h2-9H,10-13H2,1H3. The van der Waals surface area contributed by atoms with E-state index in [0.717, 1.165) is 55.2 Å². The van der Waals surface area contributed by atoms with E-state index in [0.29, 0.717) is 0 Å². The van der Waals surface area contributed by atoms with E-state index >= 15 is 0 Å². The highest BCUT2D eigenvalue weighted by atomic mass is 15.3. The molecule has 1 fully saturated rings. The van der Waals surface area contributed by atoms with E-state index in [2.05, 4.69) is 34.7 Å². The van der Waals surface area contributed by atoms with Crippen LogP contribution in [-0.4, -0.2) is 51.1 Å². The minimum atomic E-state index is 0.743. The maximum absolute atomic E-state index is 4.68. The molecule has 25 heavy (non-hydrogen) atoms. The normalized spacial score (nSPS) is 14.6. The Labute approximate surface area is 146 Å². The van der Waals surface area contributed by atoms with Gasteiger partial charge in [0.2, 0.25) is 11.9 Å². The summed E-state index contributed by atoms with van der Waals surface area (Å²) >= 11 is 0. The molecule has 0 N–H and O–H groups in total. The van der Waals surface area contributed by atoms with Gasteiger partial charge in [-0.2, -0.15) is 0 Å². The molecule has 1 aliphatic heterocycles. The number of piperazine rings is 1. The number of aryl methyl sites for hydroxylation is 1. The molecule has 0 radical (unpaired) electrons. The molecule has 7 heteroatoms. The molecule has 0 amide bonds. The van der Waals surface area contributed by atoms with Gasteiger partial charge < -0.3 is 9.80 Å². The van der Waals surface area contributed by atoms with Crippen molar-refractivity contribution in [3.63, 3.8) is 0 Å². The Bertz CT molecular complexity index is 845. The molecule has 0 unspecified atom stereocenters. The van der Waals surface area contributed by atoms with Crippen molar-refractivity contribution >= 4 is 11.9 Å². The lowest BCUT2D eigenvalue weighted by Crippen LogP contribution is -2.47. The zero-order valence-corrected chi connectivity index (χ0v) is 14.1. The van der Waals surface area contributed by atoms with Gasteiger partial charge in [-0.3, -0.25) is 4.98 Å². The number of aromatic nitrogens is 5. The second-order valence-corrected chi connectivity index (χ2v) is 5.93. The van der Waals surface area contributed by atoms with Crippen LogP contribution < -0.4 is 9.80 Å². The van der Waals surface area contributed by atoms with E-state index in [1.165, 1.54) is 0 Å². The van der Waals surface area contributed by atoms with Crippen LogP contribution in [0.1, 0.15) is 5.69 Å². The molecule has 3 aromatic rings. The van der Waals surface area contributed by atoms with Gasteiger partial charge >= 0.3 is 0 Å². The predicted molar refractivity (Wildman–Crippen MR) is 96.5 cm³/mol. The van der Waals surface area contributed by atoms with Crippen LogP contribution in [0.4, 0.5) is 11.9 Å². The smallest absolute Gasteiger partial charge is 0.226 e. The highest BCUT2D eigenvalue weighted by Crippen LogP contribution is 2.18. The molecule has 4 rings (SSSR count). The summed E-state index contributed by atoms with van der Waals surface area (Å²) in [6.07, 6.45) is 5.38. The SMILES string of the molecule is Cc1ccnc(N2CCN(c3nccc(-c4ccccn4)n3)CC2)n1. The Morgan fingerprint density at radius 2 is 1.36 bits per heavy atom. The Kier molecular flexibility index (Phi) is 4.20. The van der Waals surface area contributed by atoms with E-state index in [9.17, 15) is 0 Å². The Morgan fingerprint density at radius 1 is 0.680 bits per heavy atom. The number of nitrogens with zero attached hydrogens (tertiary/aromatic N) is 7. The third kappa shape index (κ3) is 3.40. The number of hydrogen-bond donors (Lipinski definition) is 0. The second-order valence-electron chi connectivity index (χ2n) is 5.93. The van der Waals surface area contributed by atoms with Crippen molar-refractivity contribution in [2.45, 2.75) is 6.92 Å². The lowest BCUT2D eigenvalue weighted by Gasteiger charge is -2.34. The molecule has 4 heterocycles. The lowest BCUT2D eigenvalue weighted by molar-refractivity contribution is 0.627. The van der Waals surface area contributed by atoms with Crippen molar-refractivity contribution in [1.29, 1.82) is 0 Å². The van der Waals surface area contributed by atoms with Crippen LogP contribution in [-0.2, 0) is 0 Å². The minimum Gasteiger partial charge on any atom is -0.337 e. The Morgan fingerprint density at radius 3 is 2.00 bits per heavy atom. The zero-order chi connectivity index (χ0) is 17.1. The van der Waals surface area contributed by atoms with Crippen LogP contribution in [0, 0.1) is 6.92 Å². The summed E-state index contributed by atoms with van der Waals surface area (Å²) in [5.41, 5.74) is 2.69. The molecule has 7 nitrogen and oxygen atoms in total. The van der Waals surface area contributed by atoms with Gasteiger partial charge in [-0.1, -0.05) is 6.07 Å². The highest BCUT2D eigenvalue weighted by molar-refractivity contribution is 5.55. The fourth-order valence-electron chi connectivity index (χ4n) is 2.85. The average molecular weight is 333 g/mol. The summed E-state index contributed by atoms with van der Waals surface area (Å²) in [6, 6.07) is 9.63. The van der Waals surface area contributed by atoms with Crippen LogP contribution >= 0.6 is 0 Å². The minimum absolute atomic E-state index is 0.743. The Balaban J connectivity index is 1.48. The number of anilines is 2. The third-order valence-electron chi connectivity index (χ3n) is 4.20. The molecule has 0 bridgehead atoms. The van der Waals surface area contributed by atoms with Crippen molar-refractivity contribution < 1.29 is 0 Å². The molecule has 0 spiro atoms. The fraction of sp³-hybridized carbons (Fsp3) is 0.278. The monoisotopic (exact) mass is 333 g/mol. The van der Waals surface area contributed by atoms with E-state index in [1.807, 2.05) is 43.5 Å². The van der Waals surface area contributed by atoms with Crippen LogP contribution in [0.2, 0.25) is 0 Å². The quantitative estimate of drug-likeness (QED) is 0.725. The van der Waals surface area contributed by atoms with E-state index in [1.54, 1.807) is 12.4 Å². The summed E-state index contributed by atoms with van der Waals surface area (Å²) in [7, 11) is 0. The molecule has 126 valence electrons. The predicted octanol–water partition coefficient (Wildman–Crippen LogP) is 1.96. The van der Waals surface area contributed by atoms with Gasteiger partial charge in [0.05, 0.1) is 11.4 Å². The van der Waals surface area contributed by atoms with Gasteiger partial charge in [0.1, 0.15) is 0 Å². The van der Waals surface area contributed by atoms with Crippen LogP contribution in [0.25, 0.3) is 11.4 Å².